The van der Waals surface area contributed by atoms with Crippen LogP contribution in [0.25, 0.3) is 10.1 Å². The third-order valence-electron chi connectivity index (χ3n) is 2.33. The lowest BCUT2D eigenvalue weighted by molar-refractivity contribution is 0.0945. The highest BCUT2D eigenvalue weighted by Crippen LogP contribution is 2.25. The Morgan fingerprint density at radius 1 is 1.50 bits per heavy atom. The maximum atomic E-state index is 11.9. The summed E-state index contributed by atoms with van der Waals surface area (Å²) < 4.78 is 1.13. The molecule has 0 radical (unpaired) electrons. The van der Waals surface area contributed by atoms with E-state index in [0.717, 1.165) is 15.6 Å². The van der Waals surface area contributed by atoms with Gasteiger partial charge in [-0.1, -0.05) is 18.2 Å². The predicted octanol–water partition coefficient (Wildman–Crippen LogP) is 3.26. The van der Waals surface area contributed by atoms with Gasteiger partial charge >= 0.3 is 0 Å². The zero-order valence-electron chi connectivity index (χ0n) is 8.87. The molecule has 16 heavy (non-hydrogen) atoms. The monoisotopic (exact) mass is 253 g/mol. The quantitative estimate of drug-likeness (QED) is 0.836. The van der Waals surface area contributed by atoms with Gasteiger partial charge in [-0.2, -0.15) is 0 Å². The van der Waals surface area contributed by atoms with Crippen LogP contribution in [0.5, 0.6) is 0 Å². The van der Waals surface area contributed by atoms with Crippen LogP contribution in [0.2, 0.25) is 0 Å². The van der Waals surface area contributed by atoms with Crippen molar-refractivity contribution < 1.29 is 4.79 Å². The van der Waals surface area contributed by atoms with E-state index in [1.807, 2.05) is 36.6 Å². The van der Waals surface area contributed by atoms with Crippen LogP contribution in [0.1, 0.15) is 17.3 Å². The third-order valence-corrected chi connectivity index (χ3v) is 3.76. The first-order valence-electron chi connectivity index (χ1n) is 5.05. The number of benzene rings is 1. The Morgan fingerprint density at radius 3 is 3.00 bits per heavy atom. The highest BCUT2D eigenvalue weighted by atomic mass is 35.5. The molecule has 0 fully saturated rings. The molecule has 0 aliphatic heterocycles. The topological polar surface area (TPSA) is 29.1 Å². The molecular weight excluding hydrogens is 242 g/mol. The first-order valence-corrected chi connectivity index (χ1v) is 6.47. The van der Waals surface area contributed by atoms with Crippen molar-refractivity contribution in [2.45, 2.75) is 13.0 Å². The van der Waals surface area contributed by atoms with Gasteiger partial charge in [-0.25, -0.2) is 0 Å². The molecule has 0 saturated heterocycles. The fourth-order valence-electron chi connectivity index (χ4n) is 1.49. The first kappa shape index (κ1) is 11.4. The molecule has 1 heterocycles. The largest absolute Gasteiger partial charge is 0.348 e. The SMILES string of the molecule is CC(CCl)NC(=O)c1csc2ccccc12. The van der Waals surface area contributed by atoms with E-state index in [1.165, 1.54) is 0 Å². The number of carbonyl (C=O) groups is 1. The lowest BCUT2D eigenvalue weighted by Crippen LogP contribution is -2.33. The van der Waals surface area contributed by atoms with Crippen LogP contribution >= 0.6 is 22.9 Å². The number of hydrogen-bond donors (Lipinski definition) is 1. The summed E-state index contributed by atoms with van der Waals surface area (Å²) in [5.74, 6) is 0.374. The molecular formula is C12H12ClNOS. The lowest BCUT2D eigenvalue weighted by Gasteiger charge is -2.09. The van der Waals surface area contributed by atoms with Crippen LogP contribution in [-0.4, -0.2) is 17.8 Å². The summed E-state index contributed by atoms with van der Waals surface area (Å²) in [6.07, 6.45) is 0. The molecule has 0 bridgehead atoms. The molecule has 1 aromatic heterocycles. The van der Waals surface area contributed by atoms with E-state index < -0.39 is 0 Å². The van der Waals surface area contributed by atoms with Crippen molar-refractivity contribution in [1.82, 2.24) is 5.32 Å². The van der Waals surface area contributed by atoms with Crippen LogP contribution in [0, 0.1) is 0 Å². The van der Waals surface area contributed by atoms with E-state index in [9.17, 15) is 4.79 Å². The second-order valence-electron chi connectivity index (χ2n) is 3.67. The van der Waals surface area contributed by atoms with Crippen LogP contribution in [0.15, 0.2) is 29.6 Å². The second kappa shape index (κ2) is 4.85. The van der Waals surface area contributed by atoms with Crippen LogP contribution in [-0.2, 0) is 0 Å². The number of halogens is 1. The van der Waals surface area contributed by atoms with E-state index in [1.54, 1.807) is 11.3 Å². The van der Waals surface area contributed by atoms with Crippen molar-refractivity contribution in [2.75, 3.05) is 5.88 Å². The summed E-state index contributed by atoms with van der Waals surface area (Å²) in [5.41, 5.74) is 0.734. The van der Waals surface area contributed by atoms with Crippen molar-refractivity contribution in [1.29, 1.82) is 0 Å². The minimum absolute atomic E-state index is 0.00664. The summed E-state index contributed by atoms with van der Waals surface area (Å²) >= 11 is 7.25. The smallest absolute Gasteiger partial charge is 0.253 e. The molecule has 0 saturated carbocycles. The third kappa shape index (κ3) is 2.20. The highest BCUT2D eigenvalue weighted by molar-refractivity contribution is 7.17. The Hall–Kier alpha value is -1.06. The maximum absolute atomic E-state index is 11.9. The van der Waals surface area contributed by atoms with Crippen molar-refractivity contribution in [3.8, 4) is 0 Å². The molecule has 1 atom stereocenters. The van der Waals surface area contributed by atoms with Gasteiger partial charge in [-0.05, 0) is 13.0 Å². The Bertz CT molecular complexity index is 508. The molecule has 1 amide bonds. The molecule has 2 aromatic rings. The molecule has 2 nitrogen and oxygen atoms in total. The number of thiophene rings is 1. The van der Waals surface area contributed by atoms with E-state index in [0.29, 0.717) is 5.88 Å². The molecule has 84 valence electrons. The van der Waals surface area contributed by atoms with Gasteiger partial charge < -0.3 is 5.32 Å². The van der Waals surface area contributed by atoms with Gasteiger partial charge in [-0.15, -0.1) is 22.9 Å². The Morgan fingerprint density at radius 2 is 2.25 bits per heavy atom. The molecule has 1 aromatic carbocycles. The number of hydrogen-bond acceptors (Lipinski definition) is 2. The molecule has 2 rings (SSSR count). The average Bonchev–Trinajstić information content (AvgIpc) is 2.72. The number of amides is 1. The van der Waals surface area contributed by atoms with Gasteiger partial charge in [0.15, 0.2) is 0 Å². The zero-order chi connectivity index (χ0) is 11.5. The molecule has 1 unspecified atom stereocenters. The molecule has 4 heteroatoms. The van der Waals surface area contributed by atoms with Gasteiger partial charge in [0.25, 0.3) is 5.91 Å². The Labute approximate surface area is 103 Å². The van der Waals surface area contributed by atoms with E-state index in [4.69, 9.17) is 11.6 Å². The Balaban J connectivity index is 2.30. The predicted molar refractivity (Wildman–Crippen MR) is 69.5 cm³/mol. The van der Waals surface area contributed by atoms with E-state index >= 15 is 0 Å². The molecule has 0 aliphatic carbocycles. The number of nitrogens with one attached hydrogen (secondary N) is 1. The molecule has 0 aliphatic rings. The first-order chi connectivity index (χ1) is 7.72. The number of alkyl halides is 1. The van der Waals surface area contributed by atoms with Crippen LogP contribution in [0.3, 0.4) is 0 Å². The van der Waals surface area contributed by atoms with Gasteiger partial charge in [-0.3, -0.25) is 4.79 Å². The van der Waals surface area contributed by atoms with Crippen molar-refractivity contribution in [2.24, 2.45) is 0 Å². The van der Waals surface area contributed by atoms with Crippen LogP contribution in [0.4, 0.5) is 0 Å². The van der Waals surface area contributed by atoms with Gasteiger partial charge in [0, 0.05) is 27.4 Å². The summed E-state index contributed by atoms with van der Waals surface area (Å²) in [5, 5.41) is 5.76. The number of fused-ring (bicyclic) bond motifs is 1. The Kier molecular flexibility index (Phi) is 3.46. The van der Waals surface area contributed by atoms with Crippen molar-refractivity contribution in [3.05, 3.63) is 35.2 Å². The van der Waals surface area contributed by atoms with E-state index in [-0.39, 0.29) is 11.9 Å². The molecule has 0 spiro atoms. The highest BCUT2D eigenvalue weighted by Gasteiger charge is 2.13. The standard InChI is InChI=1S/C12H12ClNOS/c1-8(6-13)14-12(15)10-7-16-11-5-3-2-4-9(10)11/h2-5,7-8H,6H2,1H3,(H,14,15). The lowest BCUT2D eigenvalue weighted by atomic mass is 10.1. The average molecular weight is 254 g/mol. The van der Waals surface area contributed by atoms with Gasteiger partial charge in [0.05, 0.1) is 5.56 Å². The van der Waals surface area contributed by atoms with Crippen LogP contribution < -0.4 is 5.32 Å². The number of carbonyl (C=O) groups excluding carboxylic acids is 1. The van der Waals surface area contributed by atoms with E-state index in [2.05, 4.69) is 5.32 Å². The minimum atomic E-state index is -0.0504. The summed E-state index contributed by atoms with van der Waals surface area (Å²) in [7, 11) is 0. The second-order valence-corrected chi connectivity index (χ2v) is 4.89. The maximum Gasteiger partial charge on any atom is 0.253 e. The van der Waals surface area contributed by atoms with Gasteiger partial charge in [0.2, 0.25) is 0 Å². The minimum Gasteiger partial charge on any atom is -0.348 e. The number of rotatable bonds is 3. The fraction of sp³-hybridized carbons (Fsp3) is 0.250. The van der Waals surface area contributed by atoms with Crippen molar-refractivity contribution in [3.63, 3.8) is 0 Å². The summed E-state index contributed by atoms with van der Waals surface area (Å²) in [6, 6.07) is 7.89. The normalized spacial score (nSPS) is 12.6. The zero-order valence-corrected chi connectivity index (χ0v) is 10.4. The summed E-state index contributed by atoms with van der Waals surface area (Å²) in [6.45, 7) is 1.89. The van der Waals surface area contributed by atoms with Crippen molar-refractivity contribution >= 4 is 38.9 Å². The van der Waals surface area contributed by atoms with Gasteiger partial charge in [0.1, 0.15) is 0 Å². The molecule has 1 N–H and O–H groups in total. The fourth-order valence-corrected chi connectivity index (χ4v) is 2.51. The summed E-state index contributed by atoms with van der Waals surface area (Å²) in [4.78, 5) is 11.9.